The zero-order chi connectivity index (χ0) is 16.4. The molecular weight excluding hydrogens is 288 g/mol. The van der Waals surface area contributed by atoms with Gasteiger partial charge in [-0.25, -0.2) is 0 Å². The monoisotopic (exact) mass is 316 g/mol. The van der Waals surface area contributed by atoms with E-state index in [9.17, 15) is 4.79 Å². The van der Waals surface area contributed by atoms with E-state index < -0.39 is 0 Å². The molecule has 1 aromatic rings. The Bertz CT molecular complexity index is 537. The molecule has 2 fully saturated rings. The first-order valence-corrected chi connectivity index (χ1v) is 8.58. The highest BCUT2D eigenvalue weighted by Crippen LogP contribution is 2.36. The van der Waals surface area contributed by atoms with E-state index in [2.05, 4.69) is 38.1 Å². The maximum atomic E-state index is 12.4. The smallest absolute Gasteiger partial charge is 0.227 e. The Labute approximate surface area is 139 Å². The van der Waals surface area contributed by atoms with Crippen LogP contribution in [0.1, 0.15) is 24.0 Å². The fourth-order valence-electron chi connectivity index (χ4n) is 3.65. The maximum Gasteiger partial charge on any atom is 0.227 e. The van der Waals surface area contributed by atoms with Crippen molar-refractivity contribution in [3.8, 4) is 0 Å². The molecule has 4 heteroatoms. The number of hydrogen-bond donors (Lipinski definition) is 0. The molecule has 0 radical (unpaired) electrons. The number of rotatable bonds is 4. The Kier molecular flexibility index (Phi) is 4.74. The molecule has 0 N–H and O–H groups in total. The number of nitrogens with zero attached hydrogens (tertiary/aromatic N) is 2. The van der Waals surface area contributed by atoms with Crippen molar-refractivity contribution in [2.75, 3.05) is 40.3 Å². The van der Waals surface area contributed by atoms with E-state index in [0.717, 1.165) is 38.2 Å². The van der Waals surface area contributed by atoms with Gasteiger partial charge in [0.1, 0.15) is 5.60 Å². The Hall–Kier alpha value is -1.39. The van der Waals surface area contributed by atoms with Crippen LogP contribution in [-0.4, -0.2) is 61.6 Å². The van der Waals surface area contributed by atoms with Gasteiger partial charge in [-0.1, -0.05) is 29.8 Å². The molecular formula is C19H28N2O2. The molecule has 2 saturated heterocycles. The lowest BCUT2D eigenvalue weighted by Gasteiger charge is -2.53. The summed E-state index contributed by atoms with van der Waals surface area (Å²) in [6.07, 6.45) is 2.79. The number of aryl methyl sites for hydroxylation is 1. The first-order valence-electron chi connectivity index (χ1n) is 8.58. The van der Waals surface area contributed by atoms with Crippen LogP contribution in [0.2, 0.25) is 0 Å². The minimum Gasteiger partial charge on any atom is -0.371 e. The van der Waals surface area contributed by atoms with Crippen LogP contribution in [0.3, 0.4) is 0 Å². The Morgan fingerprint density at radius 1 is 1.30 bits per heavy atom. The number of carbonyl (C=O) groups excluding carboxylic acids is 1. The largest absolute Gasteiger partial charge is 0.371 e. The van der Waals surface area contributed by atoms with Gasteiger partial charge in [0.2, 0.25) is 5.91 Å². The fourth-order valence-corrected chi connectivity index (χ4v) is 3.65. The standard InChI is InChI=1S/C19H28N2O2/c1-15-4-6-16(7-5-15)10-18(22)21-13-19(14-21)9-8-17(12-23-19)11-20(2)3/h4-7,17H,8-14H2,1-3H3. The van der Waals surface area contributed by atoms with E-state index >= 15 is 0 Å². The van der Waals surface area contributed by atoms with Gasteiger partial charge in [0.15, 0.2) is 0 Å². The maximum absolute atomic E-state index is 12.4. The summed E-state index contributed by atoms with van der Waals surface area (Å²) < 4.78 is 6.14. The summed E-state index contributed by atoms with van der Waals surface area (Å²) in [4.78, 5) is 16.6. The summed E-state index contributed by atoms with van der Waals surface area (Å²) in [6, 6.07) is 8.22. The van der Waals surface area contributed by atoms with Gasteiger partial charge in [0.25, 0.3) is 0 Å². The van der Waals surface area contributed by atoms with Crippen molar-refractivity contribution in [1.29, 1.82) is 0 Å². The third-order valence-corrected chi connectivity index (χ3v) is 5.04. The summed E-state index contributed by atoms with van der Waals surface area (Å²) in [5.41, 5.74) is 2.27. The molecule has 0 saturated carbocycles. The molecule has 1 amide bonds. The van der Waals surface area contributed by atoms with Crippen LogP contribution in [0.25, 0.3) is 0 Å². The lowest BCUT2D eigenvalue weighted by atomic mass is 9.82. The normalized spacial score (nSPS) is 23.1. The second-order valence-electron chi connectivity index (χ2n) is 7.57. The molecule has 0 aliphatic carbocycles. The zero-order valence-electron chi connectivity index (χ0n) is 14.5. The van der Waals surface area contributed by atoms with Crippen molar-refractivity contribution in [1.82, 2.24) is 9.80 Å². The third-order valence-electron chi connectivity index (χ3n) is 5.04. The van der Waals surface area contributed by atoms with Gasteiger partial charge < -0.3 is 14.5 Å². The SMILES string of the molecule is Cc1ccc(CC(=O)N2CC3(CCC(CN(C)C)CO3)C2)cc1. The number of likely N-dealkylation sites (tertiary alicyclic amines) is 1. The van der Waals surface area contributed by atoms with Gasteiger partial charge in [0, 0.05) is 6.54 Å². The van der Waals surface area contributed by atoms with E-state index in [0.29, 0.717) is 12.3 Å². The Morgan fingerprint density at radius 3 is 2.57 bits per heavy atom. The molecule has 1 aromatic carbocycles. The number of benzene rings is 1. The number of carbonyl (C=O) groups is 1. The lowest BCUT2D eigenvalue weighted by Crippen LogP contribution is -2.66. The van der Waals surface area contributed by atoms with Crippen LogP contribution in [0.15, 0.2) is 24.3 Å². The number of ether oxygens (including phenoxy) is 1. The quantitative estimate of drug-likeness (QED) is 0.853. The molecule has 126 valence electrons. The van der Waals surface area contributed by atoms with Crippen molar-refractivity contribution >= 4 is 5.91 Å². The zero-order valence-corrected chi connectivity index (χ0v) is 14.5. The lowest BCUT2D eigenvalue weighted by molar-refractivity contribution is -0.189. The van der Waals surface area contributed by atoms with Crippen molar-refractivity contribution < 1.29 is 9.53 Å². The average molecular weight is 316 g/mol. The number of hydrogen-bond acceptors (Lipinski definition) is 3. The van der Waals surface area contributed by atoms with E-state index in [1.54, 1.807) is 0 Å². The summed E-state index contributed by atoms with van der Waals surface area (Å²) in [5, 5.41) is 0. The van der Waals surface area contributed by atoms with E-state index in [4.69, 9.17) is 4.74 Å². The van der Waals surface area contributed by atoms with Gasteiger partial charge in [-0.2, -0.15) is 0 Å². The summed E-state index contributed by atoms with van der Waals surface area (Å²) in [5.74, 6) is 0.853. The third kappa shape index (κ3) is 3.93. The average Bonchev–Trinajstić information content (AvgIpc) is 2.47. The topological polar surface area (TPSA) is 32.8 Å². The Morgan fingerprint density at radius 2 is 2.00 bits per heavy atom. The second kappa shape index (κ2) is 6.62. The minimum absolute atomic E-state index is 0.0499. The first kappa shape index (κ1) is 16.5. The van der Waals surface area contributed by atoms with E-state index in [1.807, 2.05) is 17.0 Å². The highest BCUT2D eigenvalue weighted by atomic mass is 16.5. The fraction of sp³-hybridized carbons (Fsp3) is 0.632. The molecule has 0 aromatic heterocycles. The van der Waals surface area contributed by atoms with E-state index in [-0.39, 0.29) is 11.5 Å². The second-order valence-corrected chi connectivity index (χ2v) is 7.57. The molecule has 0 bridgehead atoms. The summed E-state index contributed by atoms with van der Waals surface area (Å²) >= 11 is 0. The molecule has 1 spiro atoms. The highest BCUT2D eigenvalue weighted by Gasteiger charge is 2.48. The highest BCUT2D eigenvalue weighted by molar-refractivity contribution is 5.80. The van der Waals surface area contributed by atoms with Crippen LogP contribution >= 0.6 is 0 Å². The van der Waals surface area contributed by atoms with Crippen molar-refractivity contribution in [3.05, 3.63) is 35.4 Å². The molecule has 2 aliphatic heterocycles. The van der Waals surface area contributed by atoms with Gasteiger partial charge in [-0.05, 0) is 45.3 Å². The van der Waals surface area contributed by atoms with E-state index in [1.165, 1.54) is 12.0 Å². The van der Waals surface area contributed by atoms with Crippen molar-refractivity contribution in [2.45, 2.75) is 31.8 Å². The van der Waals surface area contributed by atoms with Crippen LogP contribution in [0.5, 0.6) is 0 Å². The van der Waals surface area contributed by atoms with Gasteiger partial charge in [-0.3, -0.25) is 4.79 Å². The summed E-state index contributed by atoms with van der Waals surface area (Å²) in [7, 11) is 4.22. The molecule has 4 nitrogen and oxygen atoms in total. The minimum atomic E-state index is -0.0499. The van der Waals surface area contributed by atoms with Gasteiger partial charge in [0.05, 0.1) is 26.1 Å². The predicted molar refractivity (Wildman–Crippen MR) is 91.4 cm³/mol. The van der Waals surface area contributed by atoms with Crippen LogP contribution in [-0.2, 0) is 16.0 Å². The summed E-state index contributed by atoms with van der Waals surface area (Å²) in [6.45, 7) is 5.53. The molecule has 1 unspecified atom stereocenters. The van der Waals surface area contributed by atoms with Crippen molar-refractivity contribution in [3.63, 3.8) is 0 Å². The molecule has 23 heavy (non-hydrogen) atoms. The molecule has 2 heterocycles. The van der Waals surface area contributed by atoms with Gasteiger partial charge >= 0.3 is 0 Å². The number of amides is 1. The van der Waals surface area contributed by atoms with Crippen LogP contribution in [0, 0.1) is 12.8 Å². The van der Waals surface area contributed by atoms with Crippen LogP contribution < -0.4 is 0 Å². The Balaban J connectivity index is 1.45. The molecule has 1 atom stereocenters. The molecule has 3 rings (SSSR count). The van der Waals surface area contributed by atoms with Crippen LogP contribution in [0.4, 0.5) is 0 Å². The predicted octanol–water partition coefficient (Wildman–Crippen LogP) is 2.11. The first-order chi connectivity index (χ1) is 11.0. The van der Waals surface area contributed by atoms with Gasteiger partial charge in [-0.15, -0.1) is 0 Å². The molecule has 2 aliphatic rings. The van der Waals surface area contributed by atoms with Crippen molar-refractivity contribution in [2.24, 2.45) is 5.92 Å².